The van der Waals surface area contributed by atoms with Crippen molar-refractivity contribution in [1.29, 1.82) is 0 Å². The molecule has 21 atom stereocenters. The van der Waals surface area contributed by atoms with Crippen molar-refractivity contribution in [2.24, 2.45) is 40.7 Å². The fraction of sp³-hybridized carbons (Fsp3) is 0.724. The summed E-state index contributed by atoms with van der Waals surface area (Å²) in [5.74, 6) is -28.8. The molecule has 0 aliphatic carbocycles. The largest absolute Gasteiger partial charge is 0.481 e. The highest BCUT2D eigenvalue weighted by Crippen LogP contribution is 2.25. The second-order valence-electron chi connectivity index (χ2n) is 35.7. The van der Waals surface area contributed by atoms with Crippen molar-refractivity contribution in [2.75, 3.05) is 51.3 Å². The number of aliphatic carboxylic acids is 5. The smallest absolute Gasteiger partial charge is 0.326 e. The van der Waals surface area contributed by atoms with Gasteiger partial charge in [-0.25, -0.2) is 4.79 Å². The van der Waals surface area contributed by atoms with Crippen LogP contribution in [0.25, 0.3) is 0 Å². The zero-order valence-corrected chi connectivity index (χ0v) is 82.6. The number of hydrogen-bond donors (Lipinski definition) is 28. The van der Waals surface area contributed by atoms with E-state index in [4.69, 9.17) is 28.0 Å². The Balaban J connectivity index is 2.32. The van der Waals surface area contributed by atoms with Crippen LogP contribution in [-0.2, 0) is 115 Å². The summed E-state index contributed by atoms with van der Waals surface area (Å²) in [6, 6.07) is -28.8. The van der Waals surface area contributed by atoms with E-state index in [0.29, 0.717) is 12.8 Å². The Labute approximate surface area is 824 Å². The molecule has 2 rings (SSSR count). The van der Waals surface area contributed by atoms with Gasteiger partial charge in [0.15, 0.2) is 0 Å². The Morgan fingerprint density at radius 2 is 0.754 bits per heavy atom. The summed E-state index contributed by atoms with van der Waals surface area (Å²) in [5, 5.41) is 118. The zero-order chi connectivity index (χ0) is 108. The zero-order valence-electron chi connectivity index (χ0n) is 81.8. The van der Waals surface area contributed by atoms with Crippen molar-refractivity contribution < 1.29 is 156 Å². The third-order valence-corrected chi connectivity index (χ3v) is 23.8. The molecule has 2 aliphatic rings. The summed E-state index contributed by atoms with van der Waals surface area (Å²) in [6.07, 6.45) is -6.40. The maximum atomic E-state index is 14.9. The van der Waals surface area contributed by atoms with Crippen molar-refractivity contribution in [3.05, 3.63) is 0 Å². The van der Waals surface area contributed by atoms with Gasteiger partial charge in [0.05, 0.1) is 37.8 Å². The van der Waals surface area contributed by atoms with E-state index >= 15 is 0 Å². The van der Waals surface area contributed by atoms with Crippen LogP contribution in [0.2, 0.25) is 0 Å². The predicted molar refractivity (Wildman–Crippen MR) is 503 cm³/mol. The molecule has 0 aromatic rings. The molecule has 0 aromatic carbocycles. The minimum absolute atomic E-state index is 0.0530. The highest BCUT2D eigenvalue weighted by atomic mass is 32.2. The number of carboxylic acids is 5. The monoisotopic (exact) mass is 2040 g/mol. The predicted octanol–water partition coefficient (Wildman–Crippen LogP) is -9.34. The Hall–Kier alpha value is -12.6. The molecule has 32 N–H and O–H groups in total. The molecule has 2 fully saturated rings. The van der Waals surface area contributed by atoms with Crippen molar-refractivity contribution in [2.45, 2.75) is 331 Å². The van der Waals surface area contributed by atoms with E-state index in [1.807, 2.05) is 0 Å². The summed E-state index contributed by atoms with van der Waals surface area (Å²) in [6.45, 7) is 12.4. The van der Waals surface area contributed by atoms with Gasteiger partial charge in [0, 0.05) is 38.8 Å². The van der Waals surface area contributed by atoms with Gasteiger partial charge in [-0.15, -0.1) is 0 Å². The quantitative estimate of drug-likeness (QED) is 0.0251. The summed E-state index contributed by atoms with van der Waals surface area (Å²) in [7, 11) is 0. The van der Waals surface area contributed by atoms with E-state index in [2.05, 4.69) is 85.1 Å². The average molecular weight is 2040 g/mol. The number of primary amides is 1. The van der Waals surface area contributed by atoms with Gasteiger partial charge in [0.1, 0.15) is 103 Å². The number of carbonyl (C=O) groups is 24. The molecule has 142 heavy (non-hydrogen) atoms. The van der Waals surface area contributed by atoms with E-state index in [1.54, 1.807) is 47.8 Å². The van der Waals surface area contributed by atoms with E-state index < -0.39 is 339 Å². The summed E-state index contributed by atoms with van der Waals surface area (Å²) < 4.78 is 0. The number of likely N-dealkylation sites (tertiary alicyclic amines) is 2. The van der Waals surface area contributed by atoms with E-state index in [0.717, 1.165) is 30.6 Å². The molecule has 2 heterocycles. The van der Waals surface area contributed by atoms with Crippen LogP contribution in [0.15, 0.2) is 0 Å². The maximum absolute atomic E-state index is 14.9. The number of thioether (sulfide) groups is 1. The van der Waals surface area contributed by atoms with Gasteiger partial charge in [-0.2, -0.15) is 11.8 Å². The second-order valence-corrected chi connectivity index (χ2v) is 36.7. The lowest BCUT2D eigenvalue weighted by molar-refractivity contribution is -0.145. The molecule has 0 spiro atoms. The standard InChI is InChI=1S/C87H146N22O32S/c1-12-43(6)67(85(138)108-34-17-21-58(108)81(134)99-51(25-29-64(119)120)76(129)102-56(38-60(91)113)79(132)94-45(8)71(124)96-49(19-13-15-32-88)74(127)98-50(24-28-63(117)118)75(128)101-54(87(140)141)20-14-16-33-89)105-83(136)66(42(4)5)104-80(133)55(37-41(2)3)95-61(114)39-92-73(126)57(40-110)103-82(135)59-22-18-35-109(59)86(139)69(47(10)112)107-78(131)53(31-36-142-11)100-84(137)68(46(9)111)106-77(130)52(26-30-65(121)122)97-70(123)44(7)93-72(125)48(90)23-27-62(115)116/h41-59,66-69,110-112H,12-40,88-90H2,1-11H3,(H2,91,113)(H,92,126)(H,93,125)(H,94,132)(H,95,114)(H,96,124)(H,97,123)(H,98,127)(H,99,134)(H,100,137)(H,101,128)(H,102,129)(H,103,135)(H,104,133)(H,105,136)(H,106,130)(H,107,131)(H,115,116)(H,117,118)(H,119,120)(H,121,122)(H,140,141)/t43-,44-,45-,46+,47+,48-,49-,50-,51-,52-,53-,54-,55-,56-,57-,58-,59-,66-,67-,68-,69-/m0/s1. The van der Waals surface area contributed by atoms with E-state index in [-0.39, 0.29) is 115 Å². The number of aliphatic hydroxyl groups is 3. The summed E-state index contributed by atoms with van der Waals surface area (Å²) in [5.41, 5.74) is 22.4. The Kier molecular flexibility index (Phi) is 56.6. The first-order valence-corrected chi connectivity index (χ1v) is 48.4. The molecule has 0 unspecified atom stereocenters. The minimum Gasteiger partial charge on any atom is -0.481 e. The van der Waals surface area contributed by atoms with E-state index in [9.17, 15) is 151 Å². The average Bonchev–Trinajstić information content (AvgIpc) is 1.64. The van der Waals surface area contributed by atoms with Crippen LogP contribution in [0, 0.1) is 17.8 Å². The van der Waals surface area contributed by atoms with Crippen LogP contribution in [0.1, 0.15) is 210 Å². The molecule has 0 bridgehead atoms. The van der Waals surface area contributed by atoms with Gasteiger partial charge >= 0.3 is 29.8 Å². The number of unbranched alkanes of at least 4 members (excludes halogenated alkanes) is 2. The number of carboxylic acid groups (broad SMARTS) is 5. The highest BCUT2D eigenvalue weighted by molar-refractivity contribution is 7.98. The molecule has 802 valence electrons. The lowest BCUT2D eigenvalue weighted by Crippen LogP contribution is -2.63. The third kappa shape index (κ3) is 44.3. The molecular formula is C87H146N22O32S. The number of carbonyl (C=O) groups excluding carboxylic acids is 19. The van der Waals surface area contributed by atoms with Crippen LogP contribution >= 0.6 is 11.8 Å². The van der Waals surface area contributed by atoms with Gasteiger partial charge in [0.25, 0.3) is 0 Å². The molecule has 19 amide bonds. The number of nitrogens with one attached hydrogen (secondary N) is 16. The van der Waals surface area contributed by atoms with Crippen LogP contribution in [-0.4, -0.2) is 365 Å². The van der Waals surface area contributed by atoms with Gasteiger partial charge < -0.3 is 159 Å². The van der Waals surface area contributed by atoms with Crippen molar-refractivity contribution >= 4 is 154 Å². The topological polar surface area (TPSA) is 875 Å². The molecule has 2 aliphatic heterocycles. The first kappa shape index (κ1) is 125. The first-order chi connectivity index (χ1) is 66.6. The van der Waals surface area contributed by atoms with Gasteiger partial charge in [-0.1, -0.05) is 48.0 Å². The Morgan fingerprint density at radius 1 is 0.387 bits per heavy atom. The molecule has 0 saturated carbocycles. The molecule has 55 heteroatoms. The van der Waals surface area contributed by atoms with Crippen LogP contribution in [0.4, 0.5) is 0 Å². The SMILES string of the molecule is CC[C@H](C)[C@H](NC(=O)[C@@H](NC(=O)[C@H](CC(C)C)NC(=O)CNC(=O)[C@H](CO)NC(=O)[C@@H]1CCCN1C(=O)[C@@H](NC(=O)[C@H](CCSC)NC(=O)[C@@H](NC(=O)[C@H](CCC(=O)O)NC(=O)[C@H](C)NC(=O)[C@@H](N)CCC(=O)O)[C@@H](C)O)[C@@H](C)O)C(C)C)C(=O)N1CCC[C@H]1C(=O)N[C@@H](CCC(=O)O)C(=O)N[C@@H](CC(N)=O)C(=O)N[C@@H](C)C(=O)N[C@@H](CCCCN)C(=O)N[C@@H](CCC(=O)O)C(=O)N[C@@H](CCCCN)C(=O)O. The van der Waals surface area contributed by atoms with Gasteiger partial charge in [-0.3, -0.25) is 110 Å². The number of amides is 19. The van der Waals surface area contributed by atoms with Crippen molar-refractivity contribution in [1.82, 2.24) is 94.9 Å². The van der Waals surface area contributed by atoms with Crippen molar-refractivity contribution in [3.8, 4) is 0 Å². The van der Waals surface area contributed by atoms with Gasteiger partial charge in [-0.05, 0) is 173 Å². The number of rotatable bonds is 68. The van der Waals surface area contributed by atoms with Gasteiger partial charge in [0.2, 0.25) is 112 Å². The number of aliphatic hydroxyl groups excluding tert-OH is 3. The number of hydrogen-bond acceptors (Lipinski definition) is 31. The second kappa shape index (κ2) is 64.0. The molecule has 54 nitrogen and oxygen atoms in total. The fourth-order valence-corrected chi connectivity index (χ4v) is 15.3. The molecule has 0 aromatic heterocycles. The molecule has 2 saturated heterocycles. The summed E-state index contributed by atoms with van der Waals surface area (Å²) in [4.78, 5) is 324. The fourth-order valence-electron chi connectivity index (χ4n) is 14.8. The minimum atomic E-state index is -1.95. The first-order valence-electron chi connectivity index (χ1n) is 47.0. The highest BCUT2D eigenvalue weighted by Gasteiger charge is 2.46. The van der Waals surface area contributed by atoms with Crippen LogP contribution in [0.5, 0.6) is 0 Å². The molecule has 0 radical (unpaired) electrons. The maximum Gasteiger partial charge on any atom is 0.326 e. The van der Waals surface area contributed by atoms with Crippen LogP contribution in [0.3, 0.4) is 0 Å². The normalized spacial score (nSPS) is 17.4. The van der Waals surface area contributed by atoms with Crippen molar-refractivity contribution in [3.63, 3.8) is 0 Å². The molecular weight excluding hydrogens is 1900 g/mol. The number of nitrogens with zero attached hydrogens (tertiary/aromatic N) is 2. The number of nitrogens with two attached hydrogens (primary N) is 4. The Morgan fingerprint density at radius 3 is 1.18 bits per heavy atom. The van der Waals surface area contributed by atoms with Crippen LogP contribution < -0.4 is 108 Å². The third-order valence-electron chi connectivity index (χ3n) is 23.2. The van der Waals surface area contributed by atoms with E-state index in [1.165, 1.54) is 18.7 Å². The lowest BCUT2D eigenvalue weighted by atomic mass is 9.95. The lowest BCUT2D eigenvalue weighted by Gasteiger charge is -2.33. The summed E-state index contributed by atoms with van der Waals surface area (Å²) >= 11 is 1.20. The Bertz CT molecular complexity index is 4360.